The van der Waals surface area contributed by atoms with Crippen molar-refractivity contribution in [1.82, 2.24) is 30.5 Å². The quantitative estimate of drug-likeness (QED) is 0.380. The second-order valence-corrected chi connectivity index (χ2v) is 8.78. The predicted molar refractivity (Wildman–Crippen MR) is 136 cm³/mol. The molecule has 190 valence electrons. The first kappa shape index (κ1) is 25.2. The van der Waals surface area contributed by atoms with Crippen LogP contribution in [0.3, 0.4) is 0 Å². The second-order valence-electron chi connectivity index (χ2n) is 8.78. The Balaban J connectivity index is 1.18. The summed E-state index contributed by atoms with van der Waals surface area (Å²) in [6.07, 6.45) is 3.67. The molecule has 3 N–H and O–H groups in total. The molecule has 0 saturated carbocycles. The van der Waals surface area contributed by atoms with Crippen molar-refractivity contribution in [3.05, 3.63) is 77.6 Å². The van der Waals surface area contributed by atoms with Gasteiger partial charge in [0.15, 0.2) is 0 Å². The number of amides is 3. The molecule has 36 heavy (non-hydrogen) atoms. The SMILES string of the molecule is CNc1ccc(CNC(=O)NCC(=O)N2CCCC2Cn2cc(COCc3ccccc3)nn2)cc1. The zero-order chi connectivity index (χ0) is 25.2. The number of aromatic nitrogens is 3. The number of nitrogens with one attached hydrogen (secondary N) is 3. The van der Waals surface area contributed by atoms with Crippen LogP contribution >= 0.6 is 0 Å². The zero-order valence-corrected chi connectivity index (χ0v) is 20.5. The van der Waals surface area contributed by atoms with Crippen LogP contribution in [0.2, 0.25) is 0 Å². The minimum atomic E-state index is -0.367. The Morgan fingerprint density at radius 1 is 1.03 bits per heavy atom. The van der Waals surface area contributed by atoms with Gasteiger partial charge in [0.1, 0.15) is 5.69 Å². The van der Waals surface area contributed by atoms with Crippen LogP contribution in [0, 0.1) is 0 Å². The fourth-order valence-corrected chi connectivity index (χ4v) is 4.20. The fourth-order valence-electron chi connectivity index (χ4n) is 4.20. The highest BCUT2D eigenvalue weighted by Crippen LogP contribution is 2.19. The fraction of sp³-hybridized carbons (Fsp3) is 0.385. The van der Waals surface area contributed by atoms with Crippen molar-refractivity contribution in [2.75, 3.05) is 25.5 Å². The van der Waals surface area contributed by atoms with Crippen LogP contribution in [-0.2, 0) is 35.8 Å². The van der Waals surface area contributed by atoms with Crippen LogP contribution in [0.4, 0.5) is 10.5 Å². The van der Waals surface area contributed by atoms with Crippen molar-refractivity contribution in [3.63, 3.8) is 0 Å². The Labute approximate surface area is 211 Å². The van der Waals surface area contributed by atoms with Crippen molar-refractivity contribution < 1.29 is 14.3 Å². The molecule has 0 radical (unpaired) electrons. The number of urea groups is 1. The van der Waals surface area contributed by atoms with E-state index in [1.807, 2.05) is 72.7 Å². The molecular formula is C26H33N7O3. The Morgan fingerprint density at radius 2 is 1.83 bits per heavy atom. The highest BCUT2D eigenvalue weighted by Gasteiger charge is 2.29. The number of ether oxygens (including phenoxy) is 1. The average Bonchev–Trinajstić information content (AvgIpc) is 3.57. The summed E-state index contributed by atoms with van der Waals surface area (Å²) >= 11 is 0. The normalized spacial score (nSPS) is 15.0. The highest BCUT2D eigenvalue weighted by molar-refractivity contribution is 5.84. The van der Waals surface area contributed by atoms with Crippen molar-refractivity contribution in [3.8, 4) is 0 Å². The third kappa shape index (κ3) is 7.29. The maximum Gasteiger partial charge on any atom is 0.315 e. The molecule has 1 aromatic heterocycles. The number of hydrogen-bond donors (Lipinski definition) is 3. The molecule has 0 bridgehead atoms. The van der Waals surface area contributed by atoms with E-state index in [-0.39, 0.29) is 24.5 Å². The van der Waals surface area contributed by atoms with E-state index in [0.717, 1.165) is 35.3 Å². The summed E-state index contributed by atoms with van der Waals surface area (Å²) in [6.45, 7) is 2.47. The lowest BCUT2D eigenvalue weighted by atomic mass is 10.2. The van der Waals surface area contributed by atoms with E-state index in [1.54, 1.807) is 4.68 Å². The molecule has 1 atom stereocenters. The lowest BCUT2D eigenvalue weighted by Gasteiger charge is -2.24. The van der Waals surface area contributed by atoms with Gasteiger partial charge in [0.2, 0.25) is 5.91 Å². The van der Waals surface area contributed by atoms with Gasteiger partial charge in [-0.15, -0.1) is 5.10 Å². The van der Waals surface area contributed by atoms with Crippen LogP contribution in [0.15, 0.2) is 60.8 Å². The van der Waals surface area contributed by atoms with Crippen LogP contribution in [0.25, 0.3) is 0 Å². The summed E-state index contributed by atoms with van der Waals surface area (Å²) in [6, 6.07) is 17.4. The van der Waals surface area contributed by atoms with Gasteiger partial charge in [-0.1, -0.05) is 47.7 Å². The molecule has 1 unspecified atom stereocenters. The van der Waals surface area contributed by atoms with Gasteiger partial charge >= 0.3 is 6.03 Å². The van der Waals surface area contributed by atoms with E-state index in [1.165, 1.54) is 0 Å². The van der Waals surface area contributed by atoms with Gasteiger partial charge in [0.25, 0.3) is 0 Å². The smallest absolute Gasteiger partial charge is 0.315 e. The Bertz CT molecular complexity index is 1120. The van der Waals surface area contributed by atoms with E-state index >= 15 is 0 Å². The van der Waals surface area contributed by atoms with Gasteiger partial charge in [0, 0.05) is 25.8 Å². The van der Waals surface area contributed by atoms with E-state index in [0.29, 0.717) is 32.8 Å². The summed E-state index contributed by atoms with van der Waals surface area (Å²) in [4.78, 5) is 26.8. The average molecular weight is 492 g/mol. The second kappa shape index (κ2) is 12.7. The number of hydrogen-bond acceptors (Lipinski definition) is 6. The van der Waals surface area contributed by atoms with E-state index in [9.17, 15) is 9.59 Å². The zero-order valence-electron chi connectivity index (χ0n) is 20.5. The Morgan fingerprint density at radius 3 is 2.61 bits per heavy atom. The summed E-state index contributed by atoms with van der Waals surface area (Å²) < 4.78 is 7.49. The summed E-state index contributed by atoms with van der Waals surface area (Å²) in [5.41, 5.74) is 3.84. The van der Waals surface area contributed by atoms with Crippen LogP contribution in [0.1, 0.15) is 29.7 Å². The molecule has 2 heterocycles. The third-order valence-corrected chi connectivity index (χ3v) is 6.14. The van der Waals surface area contributed by atoms with Crippen molar-refractivity contribution >= 4 is 17.6 Å². The van der Waals surface area contributed by atoms with Crippen LogP contribution < -0.4 is 16.0 Å². The van der Waals surface area contributed by atoms with Crippen molar-refractivity contribution in [2.45, 2.75) is 45.2 Å². The van der Waals surface area contributed by atoms with Gasteiger partial charge in [0.05, 0.1) is 38.5 Å². The summed E-state index contributed by atoms with van der Waals surface area (Å²) in [5, 5.41) is 16.9. The number of rotatable bonds is 11. The molecule has 2 aromatic carbocycles. The van der Waals surface area contributed by atoms with Crippen molar-refractivity contribution in [1.29, 1.82) is 0 Å². The van der Waals surface area contributed by atoms with Crippen LogP contribution in [-0.4, -0.2) is 58.0 Å². The van der Waals surface area contributed by atoms with E-state index < -0.39 is 0 Å². The maximum atomic E-state index is 12.8. The predicted octanol–water partition coefficient (Wildman–Crippen LogP) is 2.53. The topological polar surface area (TPSA) is 113 Å². The molecule has 0 aliphatic carbocycles. The largest absolute Gasteiger partial charge is 0.388 e. The van der Waals surface area contributed by atoms with Gasteiger partial charge in [-0.25, -0.2) is 4.79 Å². The van der Waals surface area contributed by atoms with Gasteiger partial charge in [-0.05, 0) is 36.1 Å². The molecule has 10 nitrogen and oxygen atoms in total. The van der Waals surface area contributed by atoms with Crippen LogP contribution in [0.5, 0.6) is 0 Å². The standard InChI is InChI=1S/C26H33N7O3/c1-27-22-11-9-20(10-12-22)14-28-26(35)29-15-25(34)33-13-5-8-24(33)17-32-16-23(30-31-32)19-36-18-21-6-3-2-4-7-21/h2-4,6-7,9-12,16,24,27H,5,8,13-15,17-19H2,1H3,(H2,28,29,35). The Hall–Kier alpha value is -3.92. The first-order valence-electron chi connectivity index (χ1n) is 12.2. The van der Waals surface area contributed by atoms with Gasteiger partial charge in [-0.3, -0.25) is 9.48 Å². The molecule has 3 aromatic rings. The van der Waals surface area contributed by atoms with E-state index in [4.69, 9.17) is 4.74 Å². The summed E-state index contributed by atoms with van der Waals surface area (Å²) in [7, 11) is 1.86. The molecule has 4 rings (SSSR count). The first-order chi connectivity index (χ1) is 17.6. The van der Waals surface area contributed by atoms with E-state index in [2.05, 4.69) is 26.3 Å². The molecule has 1 saturated heterocycles. The number of likely N-dealkylation sites (tertiary alicyclic amines) is 1. The number of anilines is 1. The number of benzene rings is 2. The molecule has 1 fully saturated rings. The monoisotopic (exact) mass is 491 g/mol. The number of carbonyl (C=O) groups is 2. The maximum absolute atomic E-state index is 12.8. The molecule has 1 aliphatic rings. The Kier molecular flexibility index (Phi) is 8.87. The molecule has 0 spiro atoms. The highest BCUT2D eigenvalue weighted by atomic mass is 16.5. The summed E-state index contributed by atoms with van der Waals surface area (Å²) in [5.74, 6) is -0.0995. The molecule has 10 heteroatoms. The molecular weight excluding hydrogens is 458 g/mol. The van der Waals surface area contributed by atoms with Crippen molar-refractivity contribution in [2.24, 2.45) is 0 Å². The first-order valence-corrected chi connectivity index (χ1v) is 12.2. The number of carbonyl (C=O) groups excluding carboxylic acids is 2. The van der Waals surface area contributed by atoms with Gasteiger partial charge in [-0.2, -0.15) is 0 Å². The third-order valence-electron chi connectivity index (χ3n) is 6.14. The molecule has 1 aliphatic heterocycles. The lowest BCUT2D eigenvalue weighted by Crippen LogP contribution is -2.46. The molecule has 3 amide bonds. The minimum Gasteiger partial charge on any atom is -0.388 e. The number of nitrogens with zero attached hydrogens (tertiary/aromatic N) is 4. The van der Waals surface area contributed by atoms with Gasteiger partial charge < -0.3 is 25.6 Å². The minimum absolute atomic E-state index is 0.0211. The lowest BCUT2D eigenvalue weighted by molar-refractivity contribution is -0.131.